The van der Waals surface area contributed by atoms with Crippen LogP contribution in [0.15, 0.2) is 60.0 Å². The molecule has 5 nitrogen and oxygen atoms in total. The molecule has 3 aromatic rings. The Balaban J connectivity index is 1.32. The van der Waals surface area contributed by atoms with Crippen molar-refractivity contribution in [2.24, 2.45) is 0 Å². The molecule has 0 fully saturated rings. The standard InChI is InChI=1S/C21H22ClN3O2S/c22-16-7-9-19(10-8-16)27-14-21-25-18(15-28-21)13-20(26)24-12-4-11-23-17-5-2-1-3-6-17/h1-3,5-10,15,23H,4,11-14H2,(H,24,26). The Hall–Kier alpha value is -2.57. The topological polar surface area (TPSA) is 63.2 Å². The van der Waals surface area contributed by atoms with Crippen molar-refractivity contribution in [1.29, 1.82) is 0 Å². The van der Waals surface area contributed by atoms with Crippen LogP contribution >= 0.6 is 22.9 Å². The molecule has 146 valence electrons. The van der Waals surface area contributed by atoms with Gasteiger partial charge in [-0.3, -0.25) is 4.79 Å². The summed E-state index contributed by atoms with van der Waals surface area (Å²) >= 11 is 7.35. The first-order valence-electron chi connectivity index (χ1n) is 9.06. The summed E-state index contributed by atoms with van der Waals surface area (Å²) < 4.78 is 5.68. The van der Waals surface area contributed by atoms with E-state index in [9.17, 15) is 4.79 Å². The third-order valence-corrected chi connectivity index (χ3v) is 5.02. The zero-order valence-electron chi connectivity index (χ0n) is 15.4. The van der Waals surface area contributed by atoms with Crippen LogP contribution < -0.4 is 15.4 Å². The zero-order chi connectivity index (χ0) is 19.6. The van der Waals surface area contributed by atoms with Crippen LogP contribution in [0.3, 0.4) is 0 Å². The van der Waals surface area contributed by atoms with Crippen molar-refractivity contribution < 1.29 is 9.53 Å². The van der Waals surface area contributed by atoms with Gasteiger partial charge in [-0.15, -0.1) is 11.3 Å². The van der Waals surface area contributed by atoms with Gasteiger partial charge < -0.3 is 15.4 Å². The number of nitrogens with zero attached hydrogens (tertiary/aromatic N) is 1. The number of anilines is 1. The molecule has 28 heavy (non-hydrogen) atoms. The molecule has 0 aliphatic heterocycles. The van der Waals surface area contributed by atoms with Crippen LogP contribution in [0.25, 0.3) is 0 Å². The molecule has 0 unspecified atom stereocenters. The van der Waals surface area contributed by atoms with Crippen molar-refractivity contribution in [2.75, 3.05) is 18.4 Å². The Bertz CT molecular complexity index is 869. The fraction of sp³-hybridized carbons (Fsp3) is 0.238. The van der Waals surface area contributed by atoms with Crippen LogP contribution in [0.4, 0.5) is 5.69 Å². The second kappa shape index (κ2) is 10.7. The van der Waals surface area contributed by atoms with E-state index in [-0.39, 0.29) is 12.3 Å². The van der Waals surface area contributed by atoms with Crippen LogP contribution in [0, 0.1) is 0 Å². The minimum absolute atomic E-state index is 0.0184. The van der Waals surface area contributed by atoms with Crippen molar-refractivity contribution in [3.63, 3.8) is 0 Å². The number of carbonyl (C=O) groups is 1. The van der Waals surface area contributed by atoms with E-state index in [0.29, 0.717) is 18.2 Å². The van der Waals surface area contributed by atoms with E-state index in [0.717, 1.165) is 35.1 Å². The third-order valence-electron chi connectivity index (χ3n) is 3.90. The lowest BCUT2D eigenvalue weighted by atomic mass is 10.3. The van der Waals surface area contributed by atoms with Gasteiger partial charge in [0.15, 0.2) is 0 Å². The van der Waals surface area contributed by atoms with Crippen molar-refractivity contribution >= 4 is 34.5 Å². The molecule has 1 heterocycles. The summed E-state index contributed by atoms with van der Waals surface area (Å²) in [7, 11) is 0. The number of thiazole rings is 1. The van der Waals surface area contributed by atoms with E-state index < -0.39 is 0 Å². The number of rotatable bonds is 10. The zero-order valence-corrected chi connectivity index (χ0v) is 16.9. The van der Waals surface area contributed by atoms with Gasteiger partial charge in [0.25, 0.3) is 0 Å². The summed E-state index contributed by atoms with van der Waals surface area (Å²) in [6, 6.07) is 17.2. The fourth-order valence-electron chi connectivity index (χ4n) is 2.50. The number of aromatic nitrogens is 1. The van der Waals surface area contributed by atoms with Crippen LogP contribution in [0.5, 0.6) is 5.75 Å². The van der Waals surface area contributed by atoms with Crippen molar-refractivity contribution in [3.8, 4) is 5.75 Å². The lowest BCUT2D eigenvalue weighted by molar-refractivity contribution is -0.120. The molecule has 2 aromatic carbocycles. The molecular formula is C21H22ClN3O2S. The Morgan fingerprint density at radius 2 is 1.86 bits per heavy atom. The van der Waals surface area contributed by atoms with E-state index in [1.807, 2.05) is 47.8 Å². The number of ether oxygens (including phenoxy) is 1. The predicted molar refractivity (Wildman–Crippen MR) is 114 cm³/mol. The molecule has 2 N–H and O–H groups in total. The highest BCUT2D eigenvalue weighted by Crippen LogP contribution is 2.18. The Morgan fingerprint density at radius 1 is 1.07 bits per heavy atom. The number of nitrogens with one attached hydrogen (secondary N) is 2. The van der Waals surface area contributed by atoms with Gasteiger partial charge in [-0.05, 0) is 42.8 Å². The maximum Gasteiger partial charge on any atom is 0.226 e. The largest absolute Gasteiger partial charge is 0.486 e. The molecule has 0 bridgehead atoms. The molecule has 0 saturated heterocycles. The monoisotopic (exact) mass is 415 g/mol. The maximum absolute atomic E-state index is 12.1. The minimum atomic E-state index is -0.0184. The number of hydrogen-bond acceptors (Lipinski definition) is 5. The number of halogens is 1. The summed E-state index contributed by atoms with van der Waals surface area (Å²) in [5.74, 6) is 0.721. The van der Waals surface area contributed by atoms with Crippen LogP contribution in [0.1, 0.15) is 17.1 Å². The average Bonchev–Trinajstić information content (AvgIpc) is 3.15. The third kappa shape index (κ3) is 6.87. The SMILES string of the molecule is O=C(Cc1csc(COc2ccc(Cl)cc2)n1)NCCCNc1ccccc1. The summed E-state index contributed by atoms with van der Waals surface area (Å²) in [5, 5.41) is 9.66. The second-order valence-corrected chi connectivity index (χ2v) is 7.53. The number of carbonyl (C=O) groups excluding carboxylic acids is 1. The van der Waals surface area contributed by atoms with Crippen LogP contribution in [0.2, 0.25) is 5.02 Å². The predicted octanol–water partition coefficient (Wildman–Crippen LogP) is 4.54. The summed E-state index contributed by atoms with van der Waals surface area (Å²) in [6.07, 6.45) is 1.14. The second-order valence-electron chi connectivity index (χ2n) is 6.15. The number of hydrogen-bond donors (Lipinski definition) is 2. The van der Waals surface area contributed by atoms with Gasteiger partial charge in [-0.2, -0.15) is 0 Å². The van der Waals surface area contributed by atoms with Gasteiger partial charge >= 0.3 is 0 Å². The van der Waals surface area contributed by atoms with E-state index >= 15 is 0 Å². The summed E-state index contributed by atoms with van der Waals surface area (Å²) in [5.41, 5.74) is 1.85. The number of amides is 1. The first kappa shape index (κ1) is 20.2. The lowest BCUT2D eigenvalue weighted by Crippen LogP contribution is -2.27. The molecule has 0 aliphatic rings. The molecule has 0 radical (unpaired) electrons. The van der Waals surface area contributed by atoms with E-state index in [1.54, 1.807) is 12.1 Å². The Morgan fingerprint density at radius 3 is 2.64 bits per heavy atom. The van der Waals surface area contributed by atoms with Gasteiger partial charge in [-0.25, -0.2) is 4.98 Å². The van der Waals surface area contributed by atoms with Crippen molar-refractivity contribution in [2.45, 2.75) is 19.4 Å². The van der Waals surface area contributed by atoms with E-state index in [1.165, 1.54) is 11.3 Å². The van der Waals surface area contributed by atoms with Gasteiger partial charge in [0.2, 0.25) is 5.91 Å². The molecule has 3 rings (SSSR count). The number of benzene rings is 2. The summed E-state index contributed by atoms with van der Waals surface area (Å²) in [6.45, 7) is 1.82. The number of para-hydroxylation sites is 1. The van der Waals surface area contributed by atoms with Crippen LogP contribution in [-0.2, 0) is 17.8 Å². The van der Waals surface area contributed by atoms with Gasteiger partial charge in [0.05, 0.1) is 12.1 Å². The van der Waals surface area contributed by atoms with Gasteiger partial charge in [0, 0.05) is 29.2 Å². The smallest absolute Gasteiger partial charge is 0.226 e. The fourth-order valence-corrected chi connectivity index (χ4v) is 3.34. The Labute approximate surface area is 173 Å². The molecule has 0 atom stereocenters. The summed E-state index contributed by atoms with van der Waals surface area (Å²) in [4.78, 5) is 16.5. The average molecular weight is 416 g/mol. The highest BCUT2D eigenvalue weighted by atomic mass is 35.5. The highest BCUT2D eigenvalue weighted by molar-refractivity contribution is 7.09. The van der Waals surface area contributed by atoms with E-state index in [2.05, 4.69) is 15.6 Å². The molecule has 1 aromatic heterocycles. The van der Waals surface area contributed by atoms with Crippen molar-refractivity contribution in [1.82, 2.24) is 10.3 Å². The minimum Gasteiger partial charge on any atom is -0.486 e. The quantitative estimate of drug-likeness (QED) is 0.477. The first-order chi connectivity index (χ1) is 13.7. The molecule has 0 saturated carbocycles. The lowest BCUT2D eigenvalue weighted by Gasteiger charge is -2.07. The Kier molecular flexibility index (Phi) is 7.70. The molecular weight excluding hydrogens is 394 g/mol. The first-order valence-corrected chi connectivity index (χ1v) is 10.3. The maximum atomic E-state index is 12.1. The molecule has 0 aliphatic carbocycles. The highest BCUT2D eigenvalue weighted by Gasteiger charge is 2.08. The normalized spacial score (nSPS) is 10.5. The van der Waals surface area contributed by atoms with Gasteiger partial charge in [0.1, 0.15) is 17.4 Å². The molecule has 1 amide bonds. The van der Waals surface area contributed by atoms with Gasteiger partial charge in [-0.1, -0.05) is 29.8 Å². The molecule has 0 spiro atoms. The molecule has 7 heteroatoms. The van der Waals surface area contributed by atoms with Crippen molar-refractivity contribution in [3.05, 3.63) is 75.7 Å². The van der Waals surface area contributed by atoms with E-state index in [4.69, 9.17) is 16.3 Å². The van der Waals surface area contributed by atoms with Crippen LogP contribution in [-0.4, -0.2) is 24.0 Å².